The summed E-state index contributed by atoms with van der Waals surface area (Å²) in [5, 5.41) is 0. The topological polar surface area (TPSA) is 62.7 Å². The van der Waals surface area contributed by atoms with Crippen molar-refractivity contribution in [2.45, 2.75) is 19.3 Å². The lowest BCUT2D eigenvalue weighted by molar-refractivity contribution is -0.140. The van der Waals surface area contributed by atoms with Gasteiger partial charge in [-0.25, -0.2) is 0 Å². The van der Waals surface area contributed by atoms with Crippen molar-refractivity contribution < 1.29 is 14.3 Å². The van der Waals surface area contributed by atoms with Crippen LogP contribution < -0.4 is 0 Å². The van der Waals surface area contributed by atoms with Crippen LogP contribution in [0.25, 0.3) is 0 Å². The van der Waals surface area contributed by atoms with E-state index in [1.807, 2.05) is 35.1 Å². The molecule has 0 saturated carbocycles. The average molecular weight is 317 g/mol. The molecule has 6 heteroatoms. The minimum atomic E-state index is -0.187. The molecule has 0 aromatic carbocycles. The Labute approximate surface area is 136 Å². The van der Waals surface area contributed by atoms with Crippen LogP contribution in [0.1, 0.15) is 24.8 Å². The van der Waals surface area contributed by atoms with Crippen LogP contribution in [0.5, 0.6) is 0 Å². The molecule has 23 heavy (non-hydrogen) atoms. The van der Waals surface area contributed by atoms with Crippen molar-refractivity contribution in [3.05, 3.63) is 30.1 Å². The highest BCUT2D eigenvalue weighted by Crippen LogP contribution is 2.34. The molecule has 0 spiro atoms. The molecule has 0 unspecified atom stereocenters. The standard InChI is InChI=1S/C17H23N3O3/c1-2-16(21)20-11-14(13-4-3-5-18-10-13)15(12-20)17(22)19-6-8-23-9-7-19/h3-5,10,14-15H,2,6-9,11-12H2,1H3/t14-,15+/m0/s1. The SMILES string of the molecule is CCC(=O)N1C[C@@H](C(=O)N2CCOCC2)[C@H](c2cccnc2)C1. The number of ether oxygens (including phenoxy) is 1. The van der Waals surface area contributed by atoms with Gasteiger partial charge < -0.3 is 14.5 Å². The van der Waals surface area contributed by atoms with Crippen molar-refractivity contribution in [2.75, 3.05) is 39.4 Å². The second-order valence-electron chi connectivity index (χ2n) is 6.09. The second-order valence-corrected chi connectivity index (χ2v) is 6.09. The Hall–Kier alpha value is -1.95. The van der Waals surface area contributed by atoms with Gasteiger partial charge in [0.05, 0.1) is 19.1 Å². The summed E-state index contributed by atoms with van der Waals surface area (Å²) in [7, 11) is 0. The van der Waals surface area contributed by atoms with Crippen LogP contribution in [0, 0.1) is 5.92 Å². The minimum Gasteiger partial charge on any atom is -0.378 e. The number of nitrogens with zero attached hydrogens (tertiary/aromatic N) is 3. The first kappa shape index (κ1) is 15.9. The zero-order chi connectivity index (χ0) is 16.2. The highest BCUT2D eigenvalue weighted by atomic mass is 16.5. The van der Waals surface area contributed by atoms with Crippen molar-refractivity contribution >= 4 is 11.8 Å². The van der Waals surface area contributed by atoms with E-state index in [0.717, 1.165) is 5.56 Å². The lowest BCUT2D eigenvalue weighted by atomic mass is 9.89. The van der Waals surface area contributed by atoms with Gasteiger partial charge in [0.25, 0.3) is 0 Å². The Bertz CT molecular complexity index is 557. The molecule has 2 amide bonds. The number of carbonyl (C=O) groups is 2. The smallest absolute Gasteiger partial charge is 0.228 e. The molecule has 2 aliphatic heterocycles. The summed E-state index contributed by atoms with van der Waals surface area (Å²) in [6, 6.07) is 3.88. The van der Waals surface area contributed by atoms with Crippen molar-refractivity contribution in [3.63, 3.8) is 0 Å². The van der Waals surface area contributed by atoms with Gasteiger partial charge in [-0.2, -0.15) is 0 Å². The fraction of sp³-hybridized carbons (Fsp3) is 0.588. The van der Waals surface area contributed by atoms with Crippen molar-refractivity contribution in [2.24, 2.45) is 5.92 Å². The van der Waals surface area contributed by atoms with Crippen LogP contribution in [0.2, 0.25) is 0 Å². The van der Waals surface area contributed by atoms with Gasteiger partial charge in [0.2, 0.25) is 11.8 Å². The van der Waals surface area contributed by atoms with E-state index in [4.69, 9.17) is 4.74 Å². The molecule has 0 N–H and O–H groups in total. The summed E-state index contributed by atoms with van der Waals surface area (Å²) < 4.78 is 5.33. The second kappa shape index (κ2) is 7.08. The quantitative estimate of drug-likeness (QED) is 0.831. The summed E-state index contributed by atoms with van der Waals surface area (Å²) >= 11 is 0. The van der Waals surface area contributed by atoms with Crippen LogP contribution in [0.3, 0.4) is 0 Å². The van der Waals surface area contributed by atoms with Crippen molar-refractivity contribution in [1.82, 2.24) is 14.8 Å². The third-order valence-electron chi connectivity index (χ3n) is 4.73. The maximum atomic E-state index is 13.0. The summed E-state index contributed by atoms with van der Waals surface area (Å²) in [5.74, 6) is 0.0760. The van der Waals surface area contributed by atoms with Gasteiger partial charge in [0.15, 0.2) is 0 Å². The molecule has 2 saturated heterocycles. The molecule has 2 fully saturated rings. The third-order valence-corrected chi connectivity index (χ3v) is 4.73. The lowest BCUT2D eigenvalue weighted by Gasteiger charge is -2.30. The summed E-state index contributed by atoms with van der Waals surface area (Å²) in [6.45, 7) is 5.41. The van der Waals surface area contributed by atoms with E-state index in [1.54, 1.807) is 6.20 Å². The van der Waals surface area contributed by atoms with Crippen LogP contribution in [-0.2, 0) is 14.3 Å². The molecule has 0 radical (unpaired) electrons. The summed E-state index contributed by atoms with van der Waals surface area (Å²) in [6.07, 6.45) is 4.01. The maximum Gasteiger partial charge on any atom is 0.228 e. The van der Waals surface area contributed by atoms with Gasteiger partial charge in [-0.1, -0.05) is 13.0 Å². The Morgan fingerprint density at radius 2 is 2.04 bits per heavy atom. The maximum absolute atomic E-state index is 13.0. The number of hydrogen-bond donors (Lipinski definition) is 0. The normalized spacial score (nSPS) is 24.7. The monoisotopic (exact) mass is 317 g/mol. The first-order valence-electron chi connectivity index (χ1n) is 8.25. The molecule has 6 nitrogen and oxygen atoms in total. The first-order chi connectivity index (χ1) is 11.2. The van der Waals surface area contributed by atoms with Crippen LogP contribution >= 0.6 is 0 Å². The Morgan fingerprint density at radius 1 is 1.26 bits per heavy atom. The van der Waals surface area contributed by atoms with Gasteiger partial charge in [0.1, 0.15) is 0 Å². The van der Waals surface area contributed by atoms with E-state index in [0.29, 0.717) is 45.8 Å². The molecule has 0 aliphatic carbocycles. The van der Waals surface area contributed by atoms with E-state index in [-0.39, 0.29) is 23.7 Å². The molecule has 1 aromatic heterocycles. The summed E-state index contributed by atoms with van der Waals surface area (Å²) in [4.78, 5) is 32.9. The number of carbonyl (C=O) groups excluding carboxylic acids is 2. The molecule has 3 heterocycles. The Balaban J connectivity index is 1.81. The number of morpholine rings is 1. The number of hydrogen-bond acceptors (Lipinski definition) is 4. The predicted octanol–water partition coefficient (Wildman–Crippen LogP) is 0.892. The van der Waals surface area contributed by atoms with E-state index < -0.39 is 0 Å². The molecule has 2 atom stereocenters. The molecule has 1 aromatic rings. The number of amides is 2. The Kier molecular flexibility index (Phi) is 4.91. The molecule has 124 valence electrons. The predicted molar refractivity (Wildman–Crippen MR) is 84.7 cm³/mol. The minimum absolute atomic E-state index is 0.0227. The van der Waals surface area contributed by atoms with E-state index in [9.17, 15) is 9.59 Å². The number of aromatic nitrogens is 1. The number of rotatable bonds is 3. The van der Waals surface area contributed by atoms with Crippen molar-refractivity contribution in [1.29, 1.82) is 0 Å². The van der Waals surface area contributed by atoms with Gasteiger partial charge in [-0.05, 0) is 11.6 Å². The Morgan fingerprint density at radius 3 is 2.70 bits per heavy atom. The summed E-state index contributed by atoms with van der Waals surface area (Å²) in [5.41, 5.74) is 1.03. The molecular formula is C17H23N3O3. The van der Waals surface area contributed by atoms with Crippen LogP contribution in [0.4, 0.5) is 0 Å². The van der Waals surface area contributed by atoms with E-state index in [2.05, 4.69) is 4.98 Å². The van der Waals surface area contributed by atoms with Gasteiger partial charge in [0, 0.05) is 50.9 Å². The lowest BCUT2D eigenvalue weighted by Crippen LogP contribution is -2.45. The van der Waals surface area contributed by atoms with Gasteiger partial charge >= 0.3 is 0 Å². The van der Waals surface area contributed by atoms with Crippen LogP contribution in [-0.4, -0.2) is 66.0 Å². The first-order valence-corrected chi connectivity index (χ1v) is 8.25. The molecule has 3 rings (SSSR count). The zero-order valence-electron chi connectivity index (χ0n) is 13.5. The van der Waals surface area contributed by atoms with Crippen LogP contribution in [0.15, 0.2) is 24.5 Å². The van der Waals surface area contributed by atoms with E-state index in [1.165, 1.54) is 0 Å². The third kappa shape index (κ3) is 3.37. The highest BCUT2D eigenvalue weighted by molar-refractivity contribution is 5.83. The molecular weight excluding hydrogens is 294 g/mol. The fourth-order valence-corrected chi connectivity index (χ4v) is 3.43. The fourth-order valence-electron chi connectivity index (χ4n) is 3.43. The van der Waals surface area contributed by atoms with Gasteiger partial charge in [-0.3, -0.25) is 14.6 Å². The van der Waals surface area contributed by atoms with Crippen molar-refractivity contribution in [3.8, 4) is 0 Å². The molecule has 2 aliphatic rings. The number of pyridine rings is 1. The zero-order valence-corrected chi connectivity index (χ0v) is 13.5. The number of likely N-dealkylation sites (tertiary alicyclic amines) is 1. The average Bonchev–Trinajstić information content (AvgIpc) is 3.07. The van der Waals surface area contributed by atoms with E-state index >= 15 is 0 Å². The molecule has 0 bridgehead atoms. The highest BCUT2D eigenvalue weighted by Gasteiger charge is 2.41. The van der Waals surface area contributed by atoms with Gasteiger partial charge in [-0.15, -0.1) is 0 Å². The largest absolute Gasteiger partial charge is 0.378 e.